The number of ether oxygens (including phenoxy) is 2. The molecule has 0 bridgehead atoms. The number of hydrogen-bond donors (Lipinski definition) is 1. The standard InChI is InChI=1S/C12H19NO2/c1-8-5-9(2)12(15-4)10(6-8)11(7-13)14-3/h5-6,11H,7,13H2,1-4H3. The van der Waals surface area contributed by atoms with Crippen molar-refractivity contribution in [2.75, 3.05) is 20.8 Å². The molecule has 3 nitrogen and oxygen atoms in total. The summed E-state index contributed by atoms with van der Waals surface area (Å²) in [5.74, 6) is 0.873. The number of hydrogen-bond acceptors (Lipinski definition) is 3. The van der Waals surface area contributed by atoms with Crippen LogP contribution in [0.3, 0.4) is 0 Å². The molecule has 0 radical (unpaired) electrons. The summed E-state index contributed by atoms with van der Waals surface area (Å²) >= 11 is 0. The lowest BCUT2D eigenvalue weighted by Gasteiger charge is -2.19. The first-order chi connectivity index (χ1) is 7.13. The lowest BCUT2D eigenvalue weighted by Crippen LogP contribution is -2.15. The molecule has 0 spiro atoms. The third-order valence-corrected chi connectivity index (χ3v) is 2.50. The van der Waals surface area contributed by atoms with E-state index in [-0.39, 0.29) is 6.10 Å². The predicted molar refractivity (Wildman–Crippen MR) is 61.3 cm³/mol. The smallest absolute Gasteiger partial charge is 0.127 e. The Labute approximate surface area is 91.2 Å². The summed E-state index contributed by atoms with van der Waals surface area (Å²) in [5, 5.41) is 0. The van der Waals surface area contributed by atoms with Crippen LogP contribution in [-0.2, 0) is 4.74 Å². The lowest BCUT2D eigenvalue weighted by atomic mass is 10.0. The van der Waals surface area contributed by atoms with Crippen LogP contribution in [0.15, 0.2) is 12.1 Å². The Balaban J connectivity index is 3.24. The van der Waals surface area contributed by atoms with Crippen LogP contribution in [0.4, 0.5) is 0 Å². The fourth-order valence-electron chi connectivity index (χ4n) is 1.86. The first-order valence-electron chi connectivity index (χ1n) is 5.02. The quantitative estimate of drug-likeness (QED) is 0.824. The van der Waals surface area contributed by atoms with Crippen molar-refractivity contribution in [3.05, 3.63) is 28.8 Å². The van der Waals surface area contributed by atoms with E-state index in [0.29, 0.717) is 6.54 Å². The van der Waals surface area contributed by atoms with E-state index in [1.165, 1.54) is 5.56 Å². The minimum Gasteiger partial charge on any atom is -0.496 e. The number of methoxy groups -OCH3 is 2. The third kappa shape index (κ3) is 2.49. The Bertz CT molecular complexity index is 333. The largest absolute Gasteiger partial charge is 0.496 e. The van der Waals surface area contributed by atoms with Gasteiger partial charge < -0.3 is 15.2 Å². The normalized spacial score (nSPS) is 12.6. The van der Waals surface area contributed by atoms with E-state index in [2.05, 4.69) is 19.1 Å². The molecular weight excluding hydrogens is 190 g/mol. The molecule has 3 heteroatoms. The van der Waals surface area contributed by atoms with Crippen molar-refractivity contribution in [1.82, 2.24) is 0 Å². The van der Waals surface area contributed by atoms with Crippen LogP contribution >= 0.6 is 0 Å². The molecule has 0 aliphatic heterocycles. The van der Waals surface area contributed by atoms with Crippen LogP contribution in [0.1, 0.15) is 22.8 Å². The second-order valence-corrected chi connectivity index (χ2v) is 3.66. The SMILES string of the molecule is COc1c(C)cc(C)cc1C(CN)OC. The Morgan fingerprint density at radius 1 is 1.27 bits per heavy atom. The summed E-state index contributed by atoms with van der Waals surface area (Å²) < 4.78 is 10.7. The minimum atomic E-state index is -0.0986. The molecule has 0 fully saturated rings. The summed E-state index contributed by atoms with van der Waals surface area (Å²) in [6.07, 6.45) is -0.0986. The van der Waals surface area contributed by atoms with Gasteiger partial charge in [-0.3, -0.25) is 0 Å². The molecule has 84 valence electrons. The molecule has 0 saturated heterocycles. The average molecular weight is 209 g/mol. The molecular formula is C12H19NO2. The van der Waals surface area contributed by atoms with Crippen molar-refractivity contribution in [2.24, 2.45) is 5.73 Å². The third-order valence-electron chi connectivity index (χ3n) is 2.50. The van der Waals surface area contributed by atoms with Crippen LogP contribution in [0.25, 0.3) is 0 Å². The van der Waals surface area contributed by atoms with E-state index in [4.69, 9.17) is 15.2 Å². The molecule has 15 heavy (non-hydrogen) atoms. The number of benzene rings is 1. The van der Waals surface area contributed by atoms with Crippen LogP contribution in [0.5, 0.6) is 5.75 Å². The molecule has 0 saturated carbocycles. The highest BCUT2D eigenvalue weighted by Crippen LogP contribution is 2.31. The summed E-state index contributed by atoms with van der Waals surface area (Å²) in [6, 6.07) is 4.15. The maximum Gasteiger partial charge on any atom is 0.127 e. The Hall–Kier alpha value is -1.06. The van der Waals surface area contributed by atoms with Crippen LogP contribution in [-0.4, -0.2) is 20.8 Å². The fourth-order valence-corrected chi connectivity index (χ4v) is 1.86. The molecule has 1 aromatic carbocycles. The van der Waals surface area contributed by atoms with Gasteiger partial charge in [0.05, 0.1) is 13.2 Å². The Kier molecular flexibility index (Phi) is 4.12. The maximum absolute atomic E-state index is 5.66. The fraction of sp³-hybridized carbons (Fsp3) is 0.500. The van der Waals surface area contributed by atoms with Crippen LogP contribution in [0.2, 0.25) is 0 Å². The van der Waals surface area contributed by atoms with Crippen molar-refractivity contribution >= 4 is 0 Å². The monoisotopic (exact) mass is 209 g/mol. The number of aryl methyl sites for hydroxylation is 2. The average Bonchev–Trinajstić information content (AvgIpc) is 2.19. The highest BCUT2D eigenvalue weighted by Gasteiger charge is 2.16. The number of nitrogens with two attached hydrogens (primary N) is 1. The molecule has 0 aliphatic carbocycles. The minimum absolute atomic E-state index is 0.0986. The summed E-state index contributed by atoms with van der Waals surface area (Å²) in [6.45, 7) is 4.54. The van der Waals surface area contributed by atoms with Gasteiger partial charge in [0.15, 0.2) is 0 Å². The van der Waals surface area contributed by atoms with Crippen molar-refractivity contribution in [2.45, 2.75) is 20.0 Å². The molecule has 0 aliphatic rings. The summed E-state index contributed by atoms with van der Waals surface area (Å²) in [7, 11) is 3.33. The van der Waals surface area contributed by atoms with Gasteiger partial charge in [-0.1, -0.05) is 11.6 Å². The van der Waals surface area contributed by atoms with Gasteiger partial charge in [0.25, 0.3) is 0 Å². The van der Waals surface area contributed by atoms with Gasteiger partial charge in [-0.25, -0.2) is 0 Å². The maximum atomic E-state index is 5.66. The number of rotatable bonds is 4. The second kappa shape index (κ2) is 5.14. The molecule has 0 aromatic heterocycles. The van der Waals surface area contributed by atoms with E-state index in [9.17, 15) is 0 Å². The van der Waals surface area contributed by atoms with Crippen molar-refractivity contribution in [3.8, 4) is 5.75 Å². The predicted octanol–water partition coefficient (Wildman–Crippen LogP) is 1.96. The van der Waals surface area contributed by atoms with E-state index >= 15 is 0 Å². The molecule has 0 amide bonds. The van der Waals surface area contributed by atoms with Crippen molar-refractivity contribution in [3.63, 3.8) is 0 Å². The Morgan fingerprint density at radius 2 is 1.93 bits per heavy atom. The van der Waals surface area contributed by atoms with Crippen molar-refractivity contribution < 1.29 is 9.47 Å². The van der Waals surface area contributed by atoms with E-state index in [1.807, 2.05) is 6.92 Å². The molecule has 1 atom stereocenters. The summed E-state index contributed by atoms with van der Waals surface area (Å²) in [5.41, 5.74) is 8.99. The molecule has 1 aromatic rings. The second-order valence-electron chi connectivity index (χ2n) is 3.66. The molecule has 0 heterocycles. The van der Waals surface area contributed by atoms with E-state index in [0.717, 1.165) is 16.9 Å². The highest BCUT2D eigenvalue weighted by atomic mass is 16.5. The molecule has 2 N–H and O–H groups in total. The zero-order valence-corrected chi connectivity index (χ0v) is 9.83. The van der Waals surface area contributed by atoms with Gasteiger partial charge in [0.1, 0.15) is 5.75 Å². The lowest BCUT2D eigenvalue weighted by molar-refractivity contribution is 0.108. The molecule has 1 rings (SSSR count). The van der Waals surface area contributed by atoms with Crippen LogP contribution < -0.4 is 10.5 Å². The first-order valence-corrected chi connectivity index (χ1v) is 5.02. The van der Waals surface area contributed by atoms with E-state index < -0.39 is 0 Å². The van der Waals surface area contributed by atoms with Gasteiger partial charge in [-0.15, -0.1) is 0 Å². The first kappa shape index (κ1) is 12.0. The van der Waals surface area contributed by atoms with Gasteiger partial charge in [-0.2, -0.15) is 0 Å². The summed E-state index contributed by atoms with van der Waals surface area (Å²) in [4.78, 5) is 0. The molecule has 1 unspecified atom stereocenters. The van der Waals surface area contributed by atoms with E-state index in [1.54, 1.807) is 14.2 Å². The topological polar surface area (TPSA) is 44.5 Å². The van der Waals surface area contributed by atoms with Crippen LogP contribution in [0, 0.1) is 13.8 Å². The van der Waals surface area contributed by atoms with Gasteiger partial charge in [0, 0.05) is 19.2 Å². The van der Waals surface area contributed by atoms with Gasteiger partial charge >= 0.3 is 0 Å². The highest BCUT2D eigenvalue weighted by molar-refractivity contribution is 5.45. The van der Waals surface area contributed by atoms with Gasteiger partial charge in [-0.05, 0) is 25.5 Å². The zero-order chi connectivity index (χ0) is 11.4. The zero-order valence-electron chi connectivity index (χ0n) is 9.83. The van der Waals surface area contributed by atoms with Gasteiger partial charge in [0.2, 0.25) is 0 Å². The Morgan fingerprint density at radius 3 is 2.40 bits per heavy atom. The van der Waals surface area contributed by atoms with Crippen molar-refractivity contribution in [1.29, 1.82) is 0 Å².